The summed E-state index contributed by atoms with van der Waals surface area (Å²) in [4.78, 5) is 12.3. The number of Topliss-reactive ketones (excluding diaryl/α,β-unsaturated/α-hetero) is 1. The van der Waals surface area contributed by atoms with E-state index < -0.39 is 0 Å². The predicted octanol–water partition coefficient (Wildman–Crippen LogP) is 5.59. The molecule has 0 saturated carbocycles. The molecule has 1 nitrogen and oxygen atoms in total. The molecular weight excluding hydrogens is 268 g/mol. The van der Waals surface area contributed by atoms with E-state index in [0.717, 1.165) is 23.1 Å². The Balaban J connectivity index is 2.23. The quantitative estimate of drug-likeness (QED) is 0.645. The van der Waals surface area contributed by atoms with Crippen molar-refractivity contribution in [2.45, 2.75) is 46.0 Å². The maximum atomic E-state index is 12.3. The highest BCUT2D eigenvalue weighted by atomic mass is 35.5. The summed E-state index contributed by atoms with van der Waals surface area (Å²) in [5.74, 6) is 0.214. The Morgan fingerprint density at radius 2 is 2.10 bits per heavy atom. The molecule has 0 aliphatic heterocycles. The van der Waals surface area contributed by atoms with E-state index in [1.54, 1.807) is 0 Å². The highest BCUT2D eigenvalue weighted by Gasteiger charge is 2.25. The number of carbonyl (C=O) groups is 1. The maximum absolute atomic E-state index is 12.3. The van der Waals surface area contributed by atoms with Gasteiger partial charge in [0.15, 0.2) is 5.78 Å². The molecule has 0 aromatic heterocycles. The minimum Gasteiger partial charge on any atom is -0.294 e. The number of unbranched alkanes of at least 4 members (excludes halogenated alkanes) is 3. The Hall–Kier alpha value is -1.34. The number of rotatable bonds is 5. The molecule has 20 heavy (non-hydrogen) atoms. The van der Waals surface area contributed by atoms with E-state index in [4.69, 9.17) is 11.6 Å². The molecule has 1 aliphatic rings. The molecule has 0 N–H and O–H groups in total. The number of benzene rings is 1. The lowest BCUT2D eigenvalue weighted by atomic mass is 10.0. The number of ketones is 1. The molecule has 0 bridgehead atoms. The Kier molecular flexibility index (Phi) is 5.19. The molecular formula is C18H21ClO. The highest BCUT2D eigenvalue weighted by Crippen LogP contribution is 2.35. The Morgan fingerprint density at radius 3 is 2.80 bits per heavy atom. The van der Waals surface area contributed by atoms with E-state index >= 15 is 0 Å². The molecule has 0 saturated heterocycles. The molecule has 0 spiro atoms. The lowest BCUT2D eigenvalue weighted by Gasteiger charge is -2.03. The van der Waals surface area contributed by atoms with Crippen molar-refractivity contribution in [1.29, 1.82) is 0 Å². The van der Waals surface area contributed by atoms with Gasteiger partial charge in [-0.25, -0.2) is 0 Å². The first kappa shape index (κ1) is 15.1. The normalized spacial score (nSPS) is 17.4. The third-order valence-corrected chi connectivity index (χ3v) is 4.03. The van der Waals surface area contributed by atoms with E-state index in [1.165, 1.54) is 24.8 Å². The van der Waals surface area contributed by atoms with Gasteiger partial charge in [0.25, 0.3) is 0 Å². The van der Waals surface area contributed by atoms with Gasteiger partial charge in [0, 0.05) is 17.0 Å². The molecule has 0 unspecified atom stereocenters. The average molecular weight is 289 g/mol. The van der Waals surface area contributed by atoms with Gasteiger partial charge >= 0.3 is 0 Å². The van der Waals surface area contributed by atoms with Crippen LogP contribution in [0.3, 0.4) is 0 Å². The van der Waals surface area contributed by atoms with Crippen LogP contribution in [0.4, 0.5) is 0 Å². The Labute approximate surface area is 126 Å². The molecule has 0 amide bonds. The van der Waals surface area contributed by atoms with Gasteiger partial charge in [-0.3, -0.25) is 4.79 Å². The van der Waals surface area contributed by atoms with Crippen LogP contribution in [0.25, 0.3) is 5.57 Å². The zero-order valence-corrected chi connectivity index (χ0v) is 13.0. The van der Waals surface area contributed by atoms with E-state index in [-0.39, 0.29) is 5.78 Å². The zero-order chi connectivity index (χ0) is 14.5. The van der Waals surface area contributed by atoms with Crippen LogP contribution >= 0.6 is 11.6 Å². The predicted molar refractivity (Wildman–Crippen MR) is 85.9 cm³/mol. The van der Waals surface area contributed by atoms with Crippen molar-refractivity contribution in [2.24, 2.45) is 0 Å². The van der Waals surface area contributed by atoms with Crippen molar-refractivity contribution >= 4 is 23.0 Å². The SMILES string of the molecule is CCCCC/C=C1/CC(=O)C(c2cccc(Cl)c2)=C1C. The van der Waals surface area contributed by atoms with E-state index in [0.29, 0.717) is 11.4 Å². The van der Waals surface area contributed by atoms with Gasteiger partial charge < -0.3 is 0 Å². The molecule has 1 aromatic rings. The first-order valence-electron chi connectivity index (χ1n) is 7.33. The van der Waals surface area contributed by atoms with Crippen molar-refractivity contribution in [1.82, 2.24) is 0 Å². The fourth-order valence-electron chi connectivity index (χ4n) is 2.68. The molecule has 0 radical (unpaired) electrons. The average Bonchev–Trinajstić information content (AvgIpc) is 2.70. The van der Waals surface area contributed by atoms with Crippen LogP contribution in [0.2, 0.25) is 5.02 Å². The summed E-state index contributed by atoms with van der Waals surface area (Å²) >= 11 is 6.02. The summed E-state index contributed by atoms with van der Waals surface area (Å²) < 4.78 is 0. The monoisotopic (exact) mass is 288 g/mol. The third-order valence-electron chi connectivity index (χ3n) is 3.80. The lowest BCUT2D eigenvalue weighted by molar-refractivity contribution is -0.112. The second kappa shape index (κ2) is 6.90. The van der Waals surface area contributed by atoms with Gasteiger partial charge in [0.05, 0.1) is 0 Å². The topological polar surface area (TPSA) is 17.1 Å². The molecule has 0 fully saturated rings. The van der Waals surface area contributed by atoms with Crippen LogP contribution < -0.4 is 0 Å². The summed E-state index contributed by atoms with van der Waals surface area (Å²) in [6, 6.07) is 7.57. The zero-order valence-electron chi connectivity index (χ0n) is 12.2. The fourth-order valence-corrected chi connectivity index (χ4v) is 2.87. The van der Waals surface area contributed by atoms with Crippen LogP contribution in [0.1, 0.15) is 51.5 Å². The summed E-state index contributed by atoms with van der Waals surface area (Å²) in [6.45, 7) is 4.25. The van der Waals surface area contributed by atoms with Gasteiger partial charge in [-0.15, -0.1) is 0 Å². The van der Waals surface area contributed by atoms with E-state index in [2.05, 4.69) is 13.0 Å². The van der Waals surface area contributed by atoms with E-state index in [1.807, 2.05) is 31.2 Å². The van der Waals surface area contributed by atoms with E-state index in [9.17, 15) is 4.79 Å². The first-order chi connectivity index (χ1) is 9.63. The second-order valence-corrected chi connectivity index (χ2v) is 5.77. The summed E-state index contributed by atoms with van der Waals surface area (Å²) in [7, 11) is 0. The van der Waals surface area contributed by atoms with Crippen LogP contribution in [-0.2, 0) is 4.79 Å². The molecule has 2 heteroatoms. The largest absolute Gasteiger partial charge is 0.294 e. The van der Waals surface area contributed by atoms with Crippen molar-refractivity contribution in [2.75, 3.05) is 0 Å². The third kappa shape index (κ3) is 3.40. The summed E-state index contributed by atoms with van der Waals surface area (Å²) in [5, 5.41) is 0.677. The van der Waals surface area contributed by atoms with Crippen LogP contribution in [0.15, 0.2) is 41.5 Å². The van der Waals surface area contributed by atoms with Crippen molar-refractivity contribution < 1.29 is 4.79 Å². The minimum absolute atomic E-state index is 0.214. The van der Waals surface area contributed by atoms with Gasteiger partial charge in [-0.2, -0.15) is 0 Å². The van der Waals surface area contributed by atoms with Crippen LogP contribution in [-0.4, -0.2) is 5.78 Å². The van der Waals surface area contributed by atoms with Crippen molar-refractivity contribution in [3.63, 3.8) is 0 Å². The molecule has 0 atom stereocenters. The standard InChI is InChI=1S/C18H21ClO/c1-3-4-5-6-8-14-12-17(20)18(13(14)2)15-9-7-10-16(19)11-15/h7-11H,3-6,12H2,1-2H3/b14-8-. The van der Waals surface area contributed by atoms with Crippen LogP contribution in [0, 0.1) is 0 Å². The van der Waals surface area contributed by atoms with Gasteiger partial charge in [0.2, 0.25) is 0 Å². The molecule has 0 heterocycles. The Bertz CT molecular complexity index is 567. The number of hydrogen-bond acceptors (Lipinski definition) is 1. The van der Waals surface area contributed by atoms with Crippen LogP contribution in [0.5, 0.6) is 0 Å². The number of carbonyl (C=O) groups excluding carboxylic acids is 1. The highest BCUT2D eigenvalue weighted by molar-refractivity contribution is 6.31. The molecule has 1 aliphatic carbocycles. The van der Waals surface area contributed by atoms with Gasteiger partial charge in [-0.1, -0.05) is 49.6 Å². The smallest absolute Gasteiger partial charge is 0.168 e. The lowest BCUT2D eigenvalue weighted by Crippen LogP contribution is -1.95. The molecule has 2 rings (SSSR count). The van der Waals surface area contributed by atoms with Crippen molar-refractivity contribution in [3.05, 3.63) is 52.1 Å². The number of halogens is 1. The minimum atomic E-state index is 0.214. The van der Waals surface area contributed by atoms with Gasteiger partial charge in [0.1, 0.15) is 0 Å². The number of hydrogen-bond donors (Lipinski definition) is 0. The maximum Gasteiger partial charge on any atom is 0.168 e. The second-order valence-electron chi connectivity index (χ2n) is 5.34. The summed E-state index contributed by atoms with van der Waals surface area (Å²) in [5.41, 5.74) is 4.10. The summed E-state index contributed by atoms with van der Waals surface area (Å²) in [6.07, 6.45) is 7.52. The molecule has 106 valence electrons. The van der Waals surface area contributed by atoms with Gasteiger partial charge in [-0.05, 0) is 48.6 Å². The van der Waals surface area contributed by atoms with Crippen molar-refractivity contribution in [3.8, 4) is 0 Å². The Morgan fingerprint density at radius 1 is 1.30 bits per heavy atom. The fraction of sp³-hybridized carbons (Fsp3) is 0.389. The first-order valence-corrected chi connectivity index (χ1v) is 7.70. The number of allylic oxidation sites excluding steroid dienone is 4. The molecule has 1 aromatic carbocycles.